The second-order valence-corrected chi connectivity index (χ2v) is 11.3. The van der Waals surface area contributed by atoms with Gasteiger partial charge < -0.3 is 9.84 Å². The van der Waals surface area contributed by atoms with Crippen molar-refractivity contribution in [1.82, 2.24) is 0 Å². The van der Waals surface area contributed by atoms with Gasteiger partial charge in [-0.15, -0.1) is 0 Å². The molecular formula is C23H30BrFO5. The highest BCUT2D eigenvalue weighted by Gasteiger charge is 2.74. The van der Waals surface area contributed by atoms with Gasteiger partial charge in [0.05, 0.1) is 4.83 Å². The first-order valence-corrected chi connectivity index (χ1v) is 11.8. The van der Waals surface area contributed by atoms with E-state index in [4.69, 9.17) is 4.74 Å². The maximum atomic E-state index is 17.1. The maximum Gasteiger partial charge on any atom is 0.303 e. The lowest BCUT2D eigenvalue weighted by Crippen LogP contribution is -2.68. The summed E-state index contributed by atoms with van der Waals surface area (Å²) in [5.41, 5.74) is -3.81. The Kier molecular flexibility index (Phi) is 5.13. The molecule has 0 saturated heterocycles. The number of Topliss-reactive ketones (excluding diaryl/α,β-unsaturated/α-hetero) is 1. The Morgan fingerprint density at radius 2 is 1.93 bits per heavy atom. The van der Waals surface area contributed by atoms with Gasteiger partial charge in [0.15, 0.2) is 12.4 Å². The summed E-state index contributed by atoms with van der Waals surface area (Å²) in [7, 11) is 0. The second-order valence-electron chi connectivity index (χ2n) is 10.2. The molecule has 5 nitrogen and oxygen atoms in total. The van der Waals surface area contributed by atoms with Crippen LogP contribution in [0.2, 0.25) is 0 Å². The van der Waals surface area contributed by atoms with Crippen molar-refractivity contribution < 1.29 is 28.6 Å². The zero-order valence-corrected chi connectivity index (χ0v) is 19.4. The fourth-order valence-electron chi connectivity index (χ4n) is 7.25. The van der Waals surface area contributed by atoms with Gasteiger partial charge in [0.2, 0.25) is 5.78 Å². The van der Waals surface area contributed by atoms with Crippen molar-refractivity contribution in [3.8, 4) is 0 Å². The molecule has 4 aliphatic carbocycles. The van der Waals surface area contributed by atoms with Crippen LogP contribution in [-0.2, 0) is 19.1 Å². The number of carbonyl (C=O) groups is 3. The molecule has 0 amide bonds. The zero-order valence-electron chi connectivity index (χ0n) is 17.8. The largest absolute Gasteiger partial charge is 0.458 e. The van der Waals surface area contributed by atoms with E-state index in [9.17, 15) is 19.5 Å². The van der Waals surface area contributed by atoms with Crippen LogP contribution in [0.5, 0.6) is 0 Å². The van der Waals surface area contributed by atoms with Crippen LogP contribution in [0.25, 0.3) is 0 Å². The molecule has 30 heavy (non-hydrogen) atoms. The van der Waals surface area contributed by atoms with E-state index in [1.54, 1.807) is 6.08 Å². The maximum absolute atomic E-state index is 17.1. The van der Waals surface area contributed by atoms with Gasteiger partial charge in [0.25, 0.3) is 0 Å². The van der Waals surface area contributed by atoms with Crippen LogP contribution in [0.3, 0.4) is 0 Å². The monoisotopic (exact) mass is 484 g/mol. The fourth-order valence-corrected chi connectivity index (χ4v) is 8.77. The topological polar surface area (TPSA) is 80.7 Å². The molecule has 7 atom stereocenters. The summed E-state index contributed by atoms with van der Waals surface area (Å²) < 4.78 is 22.0. The van der Waals surface area contributed by atoms with Crippen molar-refractivity contribution in [1.29, 1.82) is 0 Å². The Labute approximate surface area is 184 Å². The van der Waals surface area contributed by atoms with Crippen molar-refractivity contribution in [2.75, 3.05) is 6.61 Å². The van der Waals surface area contributed by atoms with Crippen LogP contribution < -0.4 is 0 Å². The van der Waals surface area contributed by atoms with Crippen molar-refractivity contribution in [2.45, 2.75) is 81.8 Å². The Bertz CT molecular complexity index is 841. The predicted molar refractivity (Wildman–Crippen MR) is 112 cm³/mol. The van der Waals surface area contributed by atoms with E-state index >= 15 is 4.39 Å². The molecule has 0 aromatic rings. The third-order valence-corrected chi connectivity index (χ3v) is 10.0. The van der Waals surface area contributed by atoms with Crippen LogP contribution in [0.4, 0.5) is 4.39 Å². The highest BCUT2D eigenvalue weighted by atomic mass is 79.9. The van der Waals surface area contributed by atoms with Gasteiger partial charge in [-0.25, -0.2) is 4.39 Å². The molecule has 3 fully saturated rings. The highest BCUT2D eigenvalue weighted by molar-refractivity contribution is 9.09. The summed E-state index contributed by atoms with van der Waals surface area (Å²) in [6, 6.07) is 0. The number of allylic oxidation sites excluding steroid dienone is 1. The van der Waals surface area contributed by atoms with E-state index in [0.717, 1.165) is 5.57 Å². The second kappa shape index (κ2) is 6.96. The van der Waals surface area contributed by atoms with Gasteiger partial charge in [-0.2, -0.15) is 0 Å². The van der Waals surface area contributed by atoms with Gasteiger partial charge in [0.1, 0.15) is 11.3 Å². The van der Waals surface area contributed by atoms with Crippen molar-refractivity contribution in [2.24, 2.45) is 22.7 Å². The first kappa shape index (κ1) is 22.1. The Morgan fingerprint density at radius 3 is 2.60 bits per heavy atom. The molecule has 166 valence electrons. The standard InChI is InChI=1S/C23H30BrFO5/c1-13(26)30-12-19(28)22(29)9-7-16-17-5-4-14-10-15(27)6-8-20(14,2)23(17,25)18(24)11-21(16,22)3/h10,16-18,29H,4-9,11-12H2,1-3H3/t16-,17-,18-,20-,21-,22-,23-/m0/s1. The molecule has 1 N–H and O–H groups in total. The summed E-state index contributed by atoms with van der Waals surface area (Å²) in [4.78, 5) is 35.5. The van der Waals surface area contributed by atoms with Gasteiger partial charge in [-0.1, -0.05) is 35.4 Å². The third-order valence-electron chi connectivity index (χ3n) is 9.02. The molecule has 0 aromatic carbocycles. The molecular weight excluding hydrogens is 455 g/mol. The number of rotatable bonds is 3. The number of hydrogen-bond acceptors (Lipinski definition) is 5. The van der Waals surface area contributed by atoms with Crippen LogP contribution in [0.1, 0.15) is 65.7 Å². The van der Waals surface area contributed by atoms with E-state index in [2.05, 4.69) is 15.9 Å². The fraction of sp³-hybridized carbons (Fsp3) is 0.783. The first-order chi connectivity index (χ1) is 13.9. The van der Waals surface area contributed by atoms with Crippen LogP contribution >= 0.6 is 15.9 Å². The van der Waals surface area contributed by atoms with E-state index in [1.165, 1.54) is 6.92 Å². The quantitative estimate of drug-likeness (QED) is 0.485. The molecule has 0 unspecified atom stereocenters. The number of esters is 1. The van der Waals surface area contributed by atoms with Gasteiger partial charge in [-0.3, -0.25) is 14.4 Å². The van der Waals surface area contributed by atoms with Gasteiger partial charge in [-0.05, 0) is 56.4 Å². The molecule has 0 radical (unpaired) electrons. The van der Waals surface area contributed by atoms with E-state index in [-0.39, 0.29) is 24.0 Å². The van der Waals surface area contributed by atoms with E-state index in [0.29, 0.717) is 38.5 Å². The Morgan fingerprint density at radius 1 is 1.23 bits per heavy atom. The minimum absolute atomic E-state index is 0.0719. The SMILES string of the molecule is CC(=O)OCC(=O)[C@@]1(O)CC[C@H]2[C@@H]3CCC4=CC(=O)CC[C@]4(C)[C@@]3(F)[C@@H](Br)C[C@@]21C. The molecule has 7 heteroatoms. The highest BCUT2D eigenvalue weighted by Crippen LogP contribution is 2.71. The molecule has 0 bridgehead atoms. The van der Waals surface area contributed by atoms with Gasteiger partial charge in [0, 0.05) is 24.2 Å². The number of fused-ring (bicyclic) bond motifs is 5. The third kappa shape index (κ3) is 2.70. The molecule has 0 spiro atoms. The molecule has 0 aromatic heterocycles. The Hall–Kier alpha value is -1.08. The summed E-state index contributed by atoms with van der Waals surface area (Å²) >= 11 is 3.64. The number of ketones is 2. The van der Waals surface area contributed by atoms with Crippen molar-refractivity contribution in [3.63, 3.8) is 0 Å². The number of hydrogen-bond donors (Lipinski definition) is 1. The molecule has 0 heterocycles. The molecule has 4 rings (SSSR count). The van der Waals surface area contributed by atoms with Crippen molar-refractivity contribution >= 4 is 33.5 Å². The lowest BCUT2D eigenvalue weighted by Gasteiger charge is -2.63. The molecule has 0 aliphatic heterocycles. The first-order valence-electron chi connectivity index (χ1n) is 10.9. The average Bonchev–Trinajstić information content (AvgIpc) is 2.94. The lowest BCUT2D eigenvalue weighted by molar-refractivity contribution is -0.182. The normalized spacial score (nSPS) is 47.6. The summed E-state index contributed by atoms with van der Waals surface area (Å²) in [5.74, 6) is -1.46. The lowest BCUT2D eigenvalue weighted by atomic mass is 9.44. The predicted octanol–water partition coefficient (Wildman–Crippen LogP) is 3.85. The van der Waals surface area contributed by atoms with Crippen LogP contribution in [-0.4, -0.2) is 45.3 Å². The van der Waals surface area contributed by atoms with Crippen LogP contribution in [0.15, 0.2) is 11.6 Å². The number of aliphatic hydroxyl groups is 1. The average molecular weight is 485 g/mol. The van der Waals surface area contributed by atoms with Crippen molar-refractivity contribution in [3.05, 3.63) is 11.6 Å². The minimum atomic E-state index is -1.64. The summed E-state index contributed by atoms with van der Waals surface area (Å²) in [6.45, 7) is 4.61. The smallest absolute Gasteiger partial charge is 0.303 e. The van der Waals surface area contributed by atoms with Gasteiger partial charge >= 0.3 is 5.97 Å². The number of ether oxygens (including phenoxy) is 1. The minimum Gasteiger partial charge on any atom is -0.458 e. The van der Waals surface area contributed by atoms with Crippen LogP contribution in [0, 0.1) is 22.7 Å². The Balaban J connectivity index is 1.71. The number of carbonyl (C=O) groups excluding carboxylic acids is 3. The molecule has 3 saturated carbocycles. The van der Waals surface area contributed by atoms with E-state index in [1.807, 2.05) is 13.8 Å². The summed E-state index contributed by atoms with van der Waals surface area (Å²) in [5, 5.41) is 11.5. The number of halogens is 2. The zero-order chi connectivity index (χ0) is 22.1. The number of alkyl halides is 2. The molecule has 4 aliphatic rings. The summed E-state index contributed by atoms with van der Waals surface area (Å²) in [6.07, 6.45) is 4.89. The van der Waals surface area contributed by atoms with E-state index < -0.39 is 45.3 Å².